The molecule has 0 radical (unpaired) electrons. The van der Waals surface area contributed by atoms with Crippen molar-refractivity contribution >= 4 is 17.4 Å². The van der Waals surface area contributed by atoms with Gasteiger partial charge in [0.15, 0.2) is 5.69 Å². The van der Waals surface area contributed by atoms with Gasteiger partial charge in [-0.2, -0.15) is 13.2 Å². The fraction of sp³-hybridized carbons (Fsp3) is 0.588. The average Bonchev–Trinajstić information content (AvgIpc) is 3.34. The lowest BCUT2D eigenvalue weighted by Gasteiger charge is -2.32. The molecule has 27 heavy (non-hydrogen) atoms. The van der Waals surface area contributed by atoms with Crippen LogP contribution in [0.2, 0.25) is 0 Å². The topological polar surface area (TPSA) is 63.1 Å². The van der Waals surface area contributed by atoms with Crippen LogP contribution in [-0.2, 0) is 6.18 Å². The molecule has 10 heteroatoms. The zero-order valence-corrected chi connectivity index (χ0v) is 15.6. The lowest BCUT2D eigenvalue weighted by molar-refractivity contribution is -0.140. The van der Waals surface area contributed by atoms with Gasteiger partial charge in [0.2, 0.25) is 0 Å². The molecular weight excluding hydrogens is 379 g/mol. The number of likely N-dealkylation sites (tertiary alicyclic amines) is 1. The van der Waals surface area contributed by atoms with E-state index in [4.69, 9.17) is 0 Å². The summed E-state index contributed by atoms with van der Waals surface area (Å²) < 4.78 is 40.2. The Hall–Kier alpha value is -2.10. The highest BCUT2D eigenvalue weighted by Gasteiger charge is 2.36. The molecular formula is C17H20F3N5OS. The third-order valence-corrected chi connectivity index (χ3v) is 6.31. The van der Waals surface area contributed by atoms with Gasteiger partial charge in [0, 0.05) is 42.8 Å². The van der Waals surface area contributed by atoms with Crippen molar-refractivity contribution in [2.75, 3.05) is 13.1 Å². The maximum atomic E-state index is 12.7. The number of aromatic nitrogens is 3. The maximum Gasteiger partial charge on any atom is 0.434 e. The zero-order valence-electron chi connectivity index (χ0n) is 14.7. The minimum Gasteiger partial charge on any atom is -0.330 e. The molecule has 4 heterocycles. The summed E-state index contributed by atoms with van der Waals surface area (Å²) in [4.78, 5) is 22.4. The highest BCUT2D eigenvalue weighted by molar-refractivity contribution is 7.09. The first-order chi connectivity index (χ1) is 12.8. The van der Waals surface area contributed by atoms with Crippen molar-refractivity contribution in [3.8, 4) is 0 Å². The van der Waals surface area contributed by atoms with Crippen LogP contribution in [0.15, 0.2) is 17.8 Å². The van der Waals surface area contributed by atoms with Gasteiger partial charge in [-0.05, 0) is 26.2 Å². The number of thiazole rings is 1. The molecule has 0 bridgehead atoms. The molecule has 6 nitrogen and oxygen atoms in total. The van der Waals surface area contributed by atoms with Crippen LogP contribution in [0.3, 0.4) is 0 Å². The van der Waals surface area contributed by atoms with E-state index >= 15 is 0 Å². The number of rotatable bonds is 2. The number of nitrogens with zero attached hydrogens (tertiary/aromatic N) is 4. The second-order valence-corrected chi connectivity index (χ2v) is 8.00. The Kier molecular flexibility index (Phi) is 4.61. The number of hydrogen-bond donors (Lipinski definition) is 1. The third-order valence-electron chi connectivity index (χ3n) is 5.30. The SMILES string of the molecule is CC1CC(NC(=O)N2CCC(c3nc(C(F)(F)F)cs3)CC2)c2nccn21. The van der Waals surface area contributed by atoms with Gasteiger partial charge in [-0.1, -0.05) is 0 Å². The fourth-order valence-electron chi connectivity index (χ4n) is 3.83. The number of alkyl halides is 3. The van der Waals surface area contributed by atoms with E-state index in [1.807, 2.05) is 6.20 Å². The maximum absolute atomic E-state index is 12.7. The summed E-state index contributed by atoms with van der Waals surface area (Å²) in [5.41, 5.74) is -0.825. The number of amides is 2. The summed E-state index contributed by atoms with van der Waals surface area (Å²) in [7, 11) is 0. The number of carbonyl (C=O) groups excluding carboxylic acids is 1. The first-order valence-corrected chi connectivity index (χ1v) is 9.81. The Balaban J connectivity index is 1.33. The van der Waals surface area contributed by atoms with E-state index in [1.54, 1.807) is 11.1 Å². The zero-order chi connectivity index (χ0) is 19.2. The highest BCUT2D eigenvalue weighted by atomic mass is 32.1. The molecule has 0 aliphatic carbocycles. The van der Waals surface area contributed by atoms with Gasteiger partial charge in [-0.15, -0.1) is 11.3 Å². The standard InChI is InChI=1S/C17H20F3N5OS/c1-10-8-12(14-21-4-7-25(10)14)22-16(26)24-5-2-11(3-6-24)15-23-13(9-27-15)17(18,19)20/h4,7,9-12H,2-3,5-6,8H2,1H3,(H,22,26). The number of hydrogen-bond acceptors (Lipinski definition) is 4. The largest absolute Gasteiger partial charge is 0.434 e. The Labute approximate surface area is 158 Å². The molecule has 2 aliphatic heterocycles. The lowest BCUT2D eigenvalue weighted by Crippen LogP contribution is -2.45. The molecule has 2 aromatic heterocycles. The van der Waals surface area contributed by atoms with Crippen LogP contribution >= 0.6 is 11.3 Å². The van der Waals surface area contributed by atoms with Crippen molar-refractivity contribution in [1.29, 1.82) is 0 Å². The number of halogens is 3. The van der Waals surface area contributed by atoms with Gasteiger partial charge >= 0.3 is 12.2 Å². The van der Waals surface area contributed by atoms with Gasteiger partial charge in [-0.3, -0.25) is 0 Å². The molecule has 0 spiro atoms. The molecule has 4 rings (SSSR count). The molecule has 2 amide bonds. The van der Waals surface area contributed by atoms with Gasteiger partial charge in [0.25, 0.3) is 0 Å². The summed E-state index contributed by atoms with van der Waals surface area (Å²) >= 11 is 1.05. The monoisotopic (exact) mass is 399 g/mol. The van der Waals surface area contributed by atoms with Crippen LogP contribution in [-0.4, -0.2) is 38.6 Å². The van der Waals surface area contributed by atoms with Crippen LogP contribution in [0.1, 0.15) is 60.7 Å². The Morgan fingerprint density at radius 2 is 2.07 bits per heavy atom. The molecule has 1 fully saturated rings. The Bertz CT molecular complexity index is 825. The minimum atomic E-state index is -4.40. The predicted octanol–water partition coefficient (Wildman–Crippen LogP) is 3.95. The molecule has 0 aromatic carbocycles. The molecule has 2 aliphatic rings. The van der Waals surface area contributed by atoms with Gasteiger partial charge in [-0.25, -0.2) is 14.8 Å². The van der Waals surface area contributed by atoms with Crippen LogP contribution in [0.4, 0.5) is 18.0 Å². The molecule has 146 valence electrons. The molecule has 1 N–H and O–H groups in total. The summed E-state index contributed by atoms with van der Waals surface area (Å²) in [6, 6.07) is 0.0528. The van der Waals surface area contributed by atoms with Gasteiger partial charge in [0.05, 0.1) is 11.0 Å². The van der Waals surface area contributed by atoms with E-state index in [9.17, 15) is 18.0 Å². The highest BCUT2D eigenvalue weighted by Crippen LogP contribution is 2.36. The van der Waals surface area contributed by atoms with E-state index in [2.05, 4.69) is 26.8 Å². The van der Waals surface area contributed by atoms with Crippen molar-refractivity contribution in [1.82, 2.24) is 24.8 Å². The number of imidazole rings is 1. The van der Waals surface area contributed by atoms with Crippen molar-refractivity contribution in [2.45, 2.75) is 50.4 Å². The first kappa shape index (κ1) is 18.3. The summed E-state index contributed by atoms with van der Waals surface area (Å²) in [6.45, 7) is 3.11. The average molecular weight is 399 g/mol. The van der Waals surface area contributed by atoms with Gasteiger partial charge < -0.3 is 14.8 Å². The van der Waals surface area contributed by atoms with Crippen LogP contribution in [0.5, 0.6) is 0 Å². The molecule has 2 atom stereocenters. The number of carbonyl (C=O) groups is 1. The number of urea groups is 1. The normalized spacial score (nSPS) is 23.5. The van der Waals surface area contributed by atoms with Crippen molar-refractivity contribution in [3.05, 3.63) is 34.3 Å². The predicted molar refractivity (Wildman–Crippen MR) is 93.5 cm³/mol. The third kappa shape index (κ3) is 3.54. The molecule has 1 saturated heterocycles. The van der Waals surface area contributed by atoms with E-state index < -0.39 is 11.9 Å². The second-order valence-electron chi connectivity index (χ2n) is 7.11. The quantitative estimate of drug-likeness (QED) is 0.832. The number of piperidine rings is 1. The van der Waals surface area contributed by atoms with Crippen molar-refractivity contribution < 1.29 is 18.0 Å². The summed E-state index contributed by atoms with van der Waals surface area (Å²) in [5, 5.41) is 4.62. The first-order valence-electron chi connectivity index (χ1n) is 8.93. The van der Waals surface area contributed by atoms with E-state index in [1.165, 1.54) is 0 Å². The smallest absolute Gasteiger partial charge is 0.330 e. The minimum absolute atomic E-state index is 0.0273. The van der Waals surface area contributed by atoms with E-state index in [-0.39, 0.29) is 18.0 Å². The fourth-order valence-corrected chi connectivity index (χ4v) is 4.82. The van der Waals surface area contributed by atoms with Crippen LogP contribution < -0.4 is 5.32 Å². The van der Waals surface area contributed by atoms with E-state index in [0.29, 0.717) is 37.0 Å². The Morgan fingerprint density at radius 3 is 2.74 bits per heavy atom. The summed E-state index contributed by atoms with van der Waals surface area (Å²) in [6.07, 6.45) is 1.30. The Morgan fingerprint density at radius 1 is 1.33 bits per heavy atom. The number of fused-ring (bicyclic) bond motifs is 1. The van der Waals surface area contributed by atoms with E-state index in [0.717, 1.165) is 29.0 Å². The van der Waals surface area contributed by atoms with Crippen LogP contribution in [0.25, 0.3) is 0 Å². The second kappa shape index (κ2) is 6.81. The summed E-state index contributed by atoms with van der Waals surface area (Å²) in [5.74, 6) is 0.841. The number of nitrogens with one attached hydrogen (secondary N) is 1. The van der Waals surface area contributed by atoms with Gasteiger partial charge in [0.1, 0.15) is 5.82 Å². The lowest BCUT2D eigenvalue weighted by atomic mass is 9.98. The van der Waals surface area contributed by atoms with Crippen molar-refractivity contribution in [2.24, 2.45) is 0 Å². The molecule has 2 unspecified atom stereocenters. The molecule has 2 aromatic rings. The van der Waals surface area contributed by atoms with Crippen molar-refractivity contribution in [3.63, 3.8) is 0 Å². The molecule has 0 saturated carbocycles. The van der Waals surface area contributed by atoms with Crippen LogP contribution in [0, 0.1) is 0 Å².